The van der Waals surface area contributed by atoms with E-state index in [0.717, 1.165) is 22.9 Å². The number of nitrogens with two attached hydrogens (primary N) is 1. The maximum absolute atomic E-state index is 11.5. The van der Waals surface area contributed by atoms with Crippen LogP contribution in [-0.4, -0.2) is 22.6 Å². The number of carboxylic acids is 1. The highest BCUT2D eigenvalue weighted by Crippen LogP contribution is 2.28. The molecule has 5 nitrogen and oxygen atoms in total. The number of rotatable bonds is 6. The molecular weight excluding hydrogens is 328 g/mol. The predicted octanol–water partition coefficient (Wildman–Crippen LogP) is 3.30. The minimum atomic E-state index is -1.04. The molecule has 0 aliphatic carbocycles. The number of aromatic amines is 1. The Morgan fingerprint density at radius 3 is 2.62 bits per heavy atom. The average molecular weight is 347 g/mol. The van der Waals surface area contributed by atoms with E-state index in [1.54, 1.807) is 30.3 Å². The monoisotopic (exact) mass is 346 g/mol. The zero-order valence-corrected chi connectivity index (χ0v) is 13.8. The summed E-state index contributed by atoms with van der Waals surface area (Å²) in [4.78, 5) is 14.7. The molecule has 0 fully saturated rings. The van der Waals surface area contributed by atoms with E-state index in [0.29, 0.717) is 17.9 Å². The third-order valence-electron chi connectivity index (χ3n) is 3.73. The fourth-order valence-electron chi connectivity index (χ4n) is 2.62. The number of benzene rings is 2. The second-order valence-corrected chi connectivity index (χ2v) is 5.31. The van der Waals surface area contributed by atoms with Gasteiger partial charge in [-0.1, -0.05) is 30.3 Å². The van der Waals surface area contributed by atoms with Crippen molar-refractivity contribution in [3.63, 3.8) is 0 Å². The molecule has 126 valence electrons. The molecule has 0 aliphatic heterocycles. The van der Waals surface area contributed by atoms with Crippen LogP contribution in [0.5, 0.6) is 5.75 Å². The molecular formula is C18H19ClN2O3. The molecule has 3 rings (SSSR count). The summed E-state index contributed by atoms with van der Waals surface area (Å²) in [6.07, 6.45) is 1.64. The molecule has 24 heavy (non-hydrogen) atoms. The van der Waals surface area contributed by atoms with Crippen LogP contribution in [-0.2, 0) is 11.2 Å². The van der Waals surface area contributed by atoms with Crippen molar-refractivity contribution in [2.45, 2.75) is 12.5 Å². The number of aromatic nitrogens is 1. The van der Waals surface area contributed by atoms with Crippen molar-refractivity contribution in [3.05, 3.63) is 65.9 Å². The molecule has 0 bridgehead atoms. The summed E-state index contributed by atoms with van der Waals surface area (Å²) in [5.74, 6) is -0.501. The molecule has 0 spiro atoms. The van der Waals surface area contributed by atoms with Crippen LogP contribution in [0.4, 0.5) is 0 Å². The van der Waals surface area contributed by atoms with Gasteiger partial charge in [0, 0.05) is 22.7 Å². The summed E-state index contributed by atoms with van der Waals surface area (Å²) >= 11 is 0. The first-order valence-corrected chi connectivity index (χ1v) is 7.43. The number of H-pyrrole nitrogens is 1. The lowest BCUT2D eigenvalue weighted by molar-refractivity contribution is -0.145. The van der Waals surface area contributed by atoms with Crippen molar-refractivity contribution >= 4 is 29.3 Å². The fourth-order valence-corrected chi connectivity index (χ4v) is 2.62. The standard InChI is InChI=1S/C18H18N2O3.ClH/c19-9-8-13-11-20-16-7-6-14(10-15(13)16)23-17(18(21)22)12-4-2-1-3-5-12;/h1-7,10-11,17,20H,8-9,19H2,(H,21,22);1H. The highest BCUT2D eigenvalue weighted by molar-refractivity contribution is 5.85. The van der Waals surface area contributed by atoms with Gasteiger partial charge in [0.25, 0.3) is 0 Å². The van der Waals surface area contributed by atoms with Crippen LogP contribution in [0, 0.1) is 0 Å². The third kappa shape index (κ3) is 3.69. The van der Waals surface area contributed by atoms with Gasteiger partial charge in [0.05, 0.1) is 0 Å². The SMILES string of the molecule is Cl.NCCc1c[nH]c2ccc(OC(C(=O)O)c3ccccc3)cc12. The first-order valence-electron chi connectivity index (χ1n) is 7.43. The lowest BCUT2D eigenvalue weighted by Crippen LogP contribution is -2.18. The summed E-state index contributed by atoms with van der Waals surface area (Å²) < 4.78 is 5.73. The highest BCUT2D eigenvalue weighted by atomic mass is 35.5. The number of halogens is 1. The number of aliphatic carboxylic acids is 1. The van der Waals surface area contributed by atoms with Gasteiger partial charge in [0.15, 0.2) is 0 Å². The molecule has 1 atom stereocenters. The molecule has 4 N–H and O–H groups in total. The number of carbonyl (C=O) groups is 1. The lowest BCUT2D eigenvalue weighted by Gasteiger charge is -2.15. The number of nitrogens with one attached hydrogen (secondary N) is 1. The van der Waals surface area contributed by atoms with Crippen LogP contribution in [0.25, 0.3) is 10.9 Å². The van der Waals surface area contributed by atoms with Gasteiger partial charge in [0.1, 0.15) is 5.75 Å². The molecule has 1 heterocycles. The molecule has 0 aliphatic rings. The highest BCUT2D eigenvalue weighted by Gasteiger charge is 2.21. The second-order valence-electron chi connectivity index (χ2n) is 5.31. The van der Waals surface area contributed by atoms with Gasteiger partial charge >= 0.3 is 5.97 Å². The molecule has 6 heteroatoms. The van der Waals surface area contributed by atoms with E-state index in [-0.39, 0.29) is 12.4 Å². The van der Waals surface area contributed by atoms with Crippen molar-refractivity contribution in [3.8, 4) is 5.75 Å². The number of hydrogen-bond donors (Lipinski definition) is 3. The normalized spacial score (nSPS) is 11.7. The Kier molecular flexibility index (Phi) is 5.84. The van der Waals surface area contributed by atoms with Crippen molar-refractivity contribution in [1.82, 2.24) is 4.98 Å². The summed E-state index contributed by atoms with van der Waals surface area (Å²) in [6.45, 7) is 0.555. The van der Waals surface area contributed by atoms with Crippen LogP contribution in [0.3, 0.4) is 0 Å². The number of fused-ring (bicyclic) bond motifs is 1. The van der Waals surface area contributed by atoms with Crippen molar-refractivity contribution in [2.75, 3.05) is 6.54 Å². The van der Waals surface area contributed by atoms with E-state index >= 15 is 0 Å². The third-order valence-corrected chi connectivity index (χ3v) is 3.73. The van der Waals surface area contributed by atoms with Gasteiger partial charge in [-0.3, -0.25) is 0 Å². The van der Waals surface area contributed by atoms with Crippen LogP contribution >= 0.6 is 12.4 Å². The van der Waals surface area contributed by atoms with Gasteiger partial charge in [-0.25, -0.2) is 4.79 Å². The molecule has 0 radical (unpaired) electrons. The summed E-state index contributed by atoms with van der Waals surface area (Å²) in [6, 6.07) is 14.4. The Hall–Kier alpha value is -2.50. The van der Waals surface area contributed by atoms with Gasteiger partial charge < -0.3 is 20.6 Å². The molecule has 1 unspecified atom stereocenters. The first-order chi connectivity index (χ1) is 11.2. The maximum atomic E-state index is 11.5. The quantitative estimate of drug-likeness (QED) is 0.639. The van der Waals surface area contributed by atoms with E-state index in [1.165, 1.54) is 0 Å². The molecule has 0 saturated carbocycles. The van der Waals surface area contributed by atoms with E-state index < -0.39 is 12.1 Å². The minimum absolute atomic E-state index is 0. The molecule has 2 aromatic carbocycles. The van der Waals surface area contributed by atoms with Gasteiger partial charge in [-0.2, -0.15) is 0 Å². The second kappa shape index (κ2) is 7.86. The van der Waals surface area contributed by atoms with Crippen LogP contribution in [0.1, 0.15) is 17.2 Å². The van der Waals surface area contributed by atoms with Crippen molar-refractivity contribution < 1.29 is 14.6 Å². The average Bonchev–Trinajstić information content (AvgIpc) is 2.96. The zero-order valence-electron chi connectivity index (χ0n) is 12.9. The summed E-state index contributed by atoms with van der Waals surface area (Å²) in [7, 11) is 0. The minimum Gasteiger partial charge on any atom is -0.478 e. The van der Waals surface area contributed by atoms with Gasteiger partial charge in [-0.15, -0.1) is 12.4 Å². The molecule has 0 saturated heterocycles. The van der Waals surface area contributed by atoms with E-state index in [1.807, 2.05) is 24.4 Å². The molecule has 1 aromatic heterocycles. The largest absolute Gasteiger partial charge is 0.478 e. The Bertz CT molecular complexity index is 818. The summed E-state index contributed by atoms with van der Waals surface area (Å²) in [5.41, 5.74) is 8.31. The molecule has 0 amide bonds. The number of hydrogen-bond acceptors (Lipinski definition) is 3. The Balaban J connectivity index is 0.00000208. The fraction of sp³-hybridized carbons (Fsp3) is 0.167. The van der Waals surface area contributed by atoms with Crippen LogP contribution in [0.2, 0.25) is 0 Å². The van der Waals surface area contributed by atoms with Crippen molar-refractivity contribution in [1.29, 1.82) is 0 Å². The van der Waals surface area contributed by atoms with Gasteiger partial charge in [-0.05, 0) is 36.7 Å². The van der Waals surface area contributed by atoms with E-state index in [9.17, 15) is 9.90 Å². The van der Waals surface area contributed by atoms with E-state index in [4.69, 9.17) is 10.5 Å². The molecule has 3 aromatic rings. The van der Waals surface area contributed by atoms with Crippen LogP contribution < -0.4 is 10.5 Å². The van der Waals surface area contributed by atoms with E-state index in [2.05, 4.69) is 4.98 Å². The Morgan fingerprint density at radius 1 is 1.21 bits per heavy atom. The Labute approximate surface area is 145 Å². The smallest absolute Gasteiger partial charge is 0.349 e. The first kappa shape index (κ1) is 17.8. The van der Waals surface area contributed by atoms with Crippen LogP contribution in [0.15, 0.2) is 54.7 Å². The zero-order chi connectivity index (χ0) is 16.2. The lowest BCUT2D eigenvalue weighted by atomic mass is 10.1. The van der Waals surface area contributed by atoms with Gasteiger partial charge in [0.2, 0.25) is 6.10 Å². The summed E-state index contributed by atoms with van der Waals surface area (Å²) in [5, 5.41) is 10.5. The Morgan fingerprint density at radius 2 is 1.96 bits per heavy atom. The topological polar surface area (TPSA) is 88.3 Å². The van der Waals surface area contributed by atoms with Crippen molar-refractivity contribution in [2.24, 2.45) is 5.73 Å². The predicted molar refractivity (Wildman–Crippen MR) is 95.8 cm³/mol. The number of ether oxygens (including phenoxy) is 1. The number of carboxylic acid groups (broad SMARTS) is 1. The maximum Gasteiger partial charge on any atom is 0.349 e.